The molecule has 0 saturated carbocycles. The van der Waals surface area contributed by atoms with Crippen LogP contribution in [0.2, 0.25) is 0 Å². The molecule has 1 N–H and O–H groups in total. The van der Waals surface area contributed by atoms with E-state index in [-0.39, 0.29) is 6.61 Å². The van der Waals surface area contributed by atoms with Crippen LogP contribution < -0.4 is 0 Å². The largest absolute Gasteiger partial charge is 0.396 e. The molecule has 72 valence electrons. The topological polar surface area (TPSA) is 23.5 Å². The molecule has 0 aliphatic heterocycles. The SMILES string of the molecule is C=C(C)CN(CCCO)C(C)C. The summed E-state index contributed by atoms with van der Waals surface area (Å²) in [6, 6.07) is 0.535. The first kappa shape index (κ1) is 11.7. The average molecular weight is 171 g/mol. The van der Waals surface area contributed by atoms with Crippen molar-refractivity contribution in [3.05, 3.63) is 12.2 Å². The Kier molecular flexibility index (Phi) is 6.03. The van der Waals surface area contributed by atoms with Crippen LogP contribution in [-0.4, -0.2) is 35.7 Å². The predicted molar refractivity (Wildman–Crippen MR) is 53.2 cm³/mol. The zero-order valence-corrected chi connectivity index (χ0v) is 8.51. The molecule has 0 bridgehead atoms. The van der Waals surface area contributed by atoms with Crippen molar-refractivity contribution in [2.45, 2.75) is 33.2 Å². The molecule has 0 unspecified atom stereocenters. The number of aliphatic hydroxyl groups excluding tert-OH is 1. The van der Waals surface area contributed by atoms with E-state index in [1.54, 1.807) is 0 Å². The number of aliphatic hydroxyl groups is 1. The normalized spacial score (nSPS) is 11.2. The van der Waals surface area contributed by atoms with Gasteiger partial charge in [0.1, 0.15) is 0 Å². The number of hydrogen-bond donors (Lipinski definition) is 1. The smallest absolute Gasteiger partial charge is 0.0443 e. The van der Waals surface area contributed by atoms with Crippen LogP contribution in [0.1, 0.15) is 27.2 Å². The summed E-state index contributed by atoms with van der Waals surface area (Å²) in [6.45, 7) is 12.4. The van der Waals surface area contributed by atoms with Gasteiger partial charge in [0.15, 0.2) is 0 Å². The lowest BCUT2D eigenvalue weighted by Gasteiger charge is -2.26. The Morgan fingerprint density at radius 3 is 2.42 bits per heavy atom. The molecule has 0 aliphatic carbocycles. The van der Waals surface area contributed by atoms with E-state index >= 15 is 0 Å². The highest BCUT2D eigenvalue weighted by Gasteiger charge is 2.07. The Labute approximate surface area is 75.9 Å². The molecule has 0 radical (unpaired) electrons. The molecule has 0 heterocycles. The van der Waals surface area contributed by atoms with Crippen LogP contribution in [0, 0.1) is 0 Å². The number of nitrogens with zero attached hydrogens (tertiary/aromatic N) is 1. The third-order valence-electron chi connectivity index (χ3n) is 1.81. The molecule has 0 amide bonds. The summed E-state index contributed by atoms with van der Waals surface area (Å²) < 4.78 is 0. The molecule has 0 aromatic carbocycles. The van der Waals surface area contributed by atoms with Gasteiger partial charge in [-0.05, 0) is 27.2 Å². The second kappa shape index (κ2) is 6.21. The van der Waals surface area contributed by atoms with Crippen LogP contribution in [0.15, 0.2) is 12.2 Å². The molecular formula is C10H21NO. The lowest BCUT2D eigenvalue weighted by molar-refractivity contribution is 0.204. The minimum atomic E-state index is 0.277. The van der Waals surface area contributed by atoms with E-state index in [9.17, 15) is 0 Å². The van der Waals surface area contributed by atoms with E-state index in [1.165, 1.54) is 5.57 Å². The quantitative estimate of drug-likeness (QED) is 0.614. The number of rotatable bonds is 6. The molecule has 2 heteroatoms. The van der Waals surface area contributed by atoms with Crippen molar-refractivity contribution in [1.29, 1.82) is 0 Å². The van der Waals surface area contributed by atoms with Crippen LogP contribution >= 0.6 is 0 Å². The molecule has 2 nitrogen and oxygen atoms in total. The average Bonchev–Trinajstić information content (AvgIpc) is 1.96. The van der Waals surface area contributed by atoms with E-state index in [4.69, 9.17) is 5.11 Å². The van der Waals surface area contributed by atoms with Crippen molar-refractivity contribution in [2.24, 2.45) is 0 Å². The first-order valence-corrected chi connectivity index (χ1v) is 4.57. The van der Waals surface area contributed by atoms with Gasteiger partial charge in [-0.15, -0.1) is 0 Å². The Morgan fingerprint density at radius 2 is 2.08 bits per heavy atom. The molecular weight excluding hydrogens is 150 g/mol. The van der Waals surface area contributed by atoms with Crippen LogP contribution in [0.3, 0.4) is 0 Å². The fourth-order valence-corrected chi connectivity index (χ4v) is 1.14. The lowest BCUT2D eigenvalue weighted by atomic mass is 10.2. The summed E-state index contributed by atoms with van der Waals surface area (Å²) in [5.41, 5.74) is 1.18. The van der Waals surface area contributed by atoms with E-state index in [0.29, 0.717) is 6.04 Å². The maximum atomic E-state index is 8.68. The summed E-state index contributed by atoms with van der Waals surface area (Å²) in [5, 5.41) is 8.68. The molecule has 0 fully saturated rings. The Morgan fingerprint density at radius 1 is 1.50 bits per heavy atom. The summed E-state index contributed by atoms with van der Waals surface area (Å²) in [5.74, 6) is 0. The molecule has 0 aliphatic rings. The molecule has 0 atom stereocenters. The van der Waals surface area contributed by atoms with Crippen molar-refractivity contribution >= 4 is 0 Å². The summed E-state index contributed by atoms with van der Waals surface area (Å²) in [6.07, 6.45) is 0.853. The Hall–Kier alpha value is -0.340. The van der Waals surface area contributed by atoms with Gasteiger partial charge >= 0.3 is 0 Å². The first-order valence-electron chi connectivity index (χ1n) is 4.57. The standard InChI is InChI=1S/C10H21NO/c1-9(2)8-11(10(3)4)6-5-7-12/h10,12H,1,5-8H2,2-4H3. The van der Waals surface area contributed by atoms with Gasteiger partial charge < -0.3 is 5.11 Å². The van der Waals surface area contributed by atoms with E-state index in [2.05, 4.69) is 25.3 Å². The van der Waals surface area contributed by atoms with Gasteiger partial charge in [0, 0.05) is 25.7 Å². The summed E-state index contributed by atoms with van der Waals surface area (Å²) >= 11 is 0. The van der Waals surface area contributed by atoms with Crippen molar-refractivity contribution in [3.63, 3.8) is 0 Å². The van der Waals surface area contributed by atoms with Crippen molar-refractivity contribution in [3.8, 4) is 0 Å². The molecule has 0 aromatic rings. The van der Waals surface area contributed by atoms with Crippen LogP contribution in [0.25, 0.3) is 0 Å². The van der Waals surface area contributed by atoms with Gasteiger partial charge in [0.2, 0.25) is 0 Å². The highest BCUT2D eigenvalue weighted by molar-refractivity contribution is 4.92. The van der Waals surface area contributed by atoms with Gasteiger partial charge in [0.05, 0.1) is 0 Å². The first-order chi connectivity index (χ1) is 5.57. The van der Waals surface area contributed by atoms with Crippen LogP contribution in [-0.2, 0) is 0 Å². The van der Waals surface area contributed by atoms with Gasteiger partial charge in [0.25, 0.3) is 0 Å². The second-order valence-electron chi connectivity index (χ2n) is 3.60. The summed E-state index contributed by atoms with van der Waals surface area (Å²) in [7, 11) is 0. The van der Waals surface area contributed by atoms with Crippen molar-refractivity contribution < 1.29 is 5.11 Å². The molecule has 0 rings (SSSR count). The molecule has 0 saturated heterocycles. The van der Waals surface area contributed by atoms with Crippen molar-refractivity contribution in [1.82, 2.24) is 4.90 Å². The molecule has 12 heavy (non-hydrogen) atoms. The molecule has 0 spiro atoms. The van der Waals surface area contributed by atoms with Crippen molar-refractivity contribution in [2.75, 3.05) is 19.7 Å². The lowest BCUT2D eigenvalue weighted by Crippen LogP contribution is -2.33. The van der Waals surface area contributed by atoms with E-state index < -0.39 is 0 Å². The van der Waals surface area contributed by atoms with Crippen LogP contribution in [0.5, 0.6) is 0 Å². The zero-order chi connectivity index (χ0) is 9.56. The molecule has 0 aromatic heterocycles. The Balaban J connectivity index is 3.78. The van der Waals surface area contributed by atoms with Gasteiger partial charge in [-0.2, -0.15) is 0 Å². The summed E-state index contributed by atoms with van der Waals surface area (Å²) in [4.78, 5) is 2.32. The third-order valence-corrected chi connectivity index (χ3v) is 1.81. The zero-order valence-electron chi connectivity index (χ0n) is 8.51. The van der Waals surface area contributed by atoms with Gasteiger partial charge in [-0.25, -0.2) is 0 Å². The monoisotopic (exact) mass is 171 g/mol. The fraction of sp³-hybridized carbons (Fsp3) is 0.800. The second-order valence-corrected chi connectivity index (χ2v) is 3.60. The van der Waals surface area contributed by atoms with Gasteiger partial charge in [-0.1, -0.05) is 12.2 Å². The maximum Gasteiger partial charge on any atom is 0.0443 e. The highest BCUT2D eigenvalue weighted by Crippen LogP contribution is 2.02. The Bertz CT molecular complexity index is 132. The maximum absolute atomic E-state index is 8.68. The minimum Gasteiger partial charge on any atom is -0.396 e. The van der Waals surface area contributed by atoms with Gasteiger partial charge in [-0.3, -0.25) is 4.90 Å². The van der Waals surface area contributed by atoms with E-state index in [0.717, 1.165) is 19.5 Å². The number of hydrogen-bond acceptors (Lipinski definition) is 2. The van der Waals surface area contributed by atoms with Crippen LogP contribution in [0.4, 0.5) is 0 Å². The predicted octanol–water partition coefficient (Wildman–Crippen LogP) is 1.66. The third kappa shape index (κ3) is 5.33. The fourth-order valence-electron chi connectivity index (χ4n) is 1.14. The highest BCUT2D eigenvalue weighted by atomic mass is 16.3. The minimum absolute atomic E-state index is 0.277. The van der Waals surface area contributed by atoms with E-state index in [1.807, 2.05) is 6.92 Å².